The summed E-state index contributed by atoms with van der Waals surface area (Å²) in [4.78, 5) is 21.0. The molecular weight excluding hydrogens is 477 g/mol. The lowest BCUT2D eigenvalue weighted by Crippen LogP contribution is -2.49. The number of nitrogens with one attached hydrogen (secondary N) is 2. The molecule has 1 saturated heterocycles. The summed E-state index contributed by atoms with van der Waals surface area (Å²) in [6.45, 7) is 10.4. The number of carbonyl (C=O) groups excluding carboxylic acids is 1. The minimum Gasteiger partial charge on any atom is -0.357 e. The third kappa shape index (κ3) is 8.50. The first-order valence-corrected chi connectivity index (χ1v) is 10.5. The first kappa shape index (κ1) is 25.7. The maximum Gasteiger partial charge on any atom is 0.253 e. The molecule has 0 radical (unpaired) electrons. The van der Waals surface area contributed by atoms with E-state index < -0.39 is 0 Å². The van der Waals surface area contributed by atoms with Gasteiger partial charge in [-0.2, -0.15) is 0 Å². The fourth-order valence-corrected chi connectivity index (χ4v) is 3.49. The second-order valence-corrected chi connectivity index (χ2v) is 7.96. The number of piperidine rings is 1. The predicted octanol–water partition coefficient (Wildman–Crippen LogP) is 2.98. The molecule has 2 N–H and O–H groups in total. The highest BCUT2D eigenvalue weighted by atomic mass is 127. The summed E-state index contributed by atoms with van der Waals surface area (Å²) in [6, 6.07) is 8.95. The van der Waals surface area contributed by atoms with Gasteiger partial charge in [0.15, 0.2) is 5.96 Å². The number of halogens is 1. The lowest BCUT2D eigenvalue weighted by atomic mass is 10.0. The zero-order valence-corrected chi connectivity index (χ0v) is 20.9. The lowest BCUT2D eigenvalue weighted by Gasteiger charge is -2.35. The summed E-state index contributed by atoms with van der Waals surface area (Å²) < 4.78 is 0. The van der Waals surface area contributed by atoms with Crippen molar-refractivity contribution in [2.45, 2.75) is 52.1 Å². The third-order valence-electron chi connectivity index (χ3n) is 5.20. The molecule has 0 bridgehead atoms. The fraction of sp³-hybridized carbons (Fsp3) is 0.636. The summed E-state index contributed by atoms with van der Waals surface area (Å²) in [5.41, 5.74) is 1.87. The second kappa shape index (κ2) is 13.1. The normalized spacial score (nSPS) is 15.7. The van der Waals surface area contributed by atoms with E-state index in [0.29, 0.717) is 18.6 Å². The van der Waals surface area contributed by atoms with Crippen molar-refractivity contribution < 1.29 is 4.79 Å². The number of guanidine groups is 1. The average Bonchev–Trinajstić information content (AvgIpc) is 2.68. The molecule has 1 aromatic carbocycles. The Balaban J connectivity index is 0.00000420. The van der Waals surface area contributed by atoms with Gasteiger partial charge in [-0.05, 0) is 57.7 Å². The van der Waals surface area contributed by atoms with Crippen LogP contribution in [0.2, 0.25) is 0 Å². The molecule has 0 unspecified atom stereocenters. The van der Waals surface area contributed by atoms with Crippen molar-refractivity contribution in [2.75, 3.05) is 40.3 Å². The Bertz CT molecular complexity index is 654. The number of likely N-dealkylation sites (tertiary alicyclic amines) is 1. The Labute approximate surface area is 193 Å². The molecule has 164 valence electrons. The second-order valence-electron chi connectivity index (χ2n) is 7.96. The summed E-state index contributed by atoms with van der Waals surface area (Å²) in [7, 11) is 3.55. The highest BCUT2D eigenvalue weighted by molar-refractivity contribution is 14.0. The monoisotopic (exact) mass is 515 g/mol. The van der Waals surface area contributed by atoms with Gasteiger partial charge in [0.2, 0.25) is 0 Å². The highest BCUT2D eigenvalue weighted by Crippen LogP contribution is 2.13. The molecule has 7 heteroatoms. The van der Waals surface area contributed by atoms with Crippen molar-refractivity contribution in [3.63, 3.8) is 0 Å². The summed E-state index contributed by atoms with van der Waals surface area (Å²) in [5, 5.41) is 6.96. The molecular formula is C22H38IN5O. The zero-order valence-electron chi connectivity index (χ0n) is 18.6. The number of carbonyl (C=O) groups is 1. The van der Waals surface area contributed by atoms with Gasteiger partial charge in [0.1, 0.15) is 0 Å². The minimum absolute atomic E-state index is 0. The van der Waals surface area contributed by atoms with E-state index in [0.717, 1.165) is 56.0 Å². The SMILES string of the molecule is CCNC(=NCCc1cccc(C(=O)N(C)C)c1)NC1CCN(C(C)C)CC1.I. The van der Waals surface area contributed by atoms with E-state index in [2.05, 4.69) is 42.4 Å². The average molecular weight is 515 g/mol. The van der Waals surface area contributed by atoms with Gasteiger partial charge in [-0.1, -0.05) is 12.1 Å². The highest BCUT2D eigenvalue weighted by Gasteiger charge is 2.21. The van der Waals surface area contributed by atoms with Gasteiger partial charge in [-0.3, -0.25) is 9.79 Å². The predicted molar refractivity (Wildman–Crippen MR) is 132 cm³/mol. The molecule has 0 aromatic heterocycles. The number of hydrogen-bond acceptors (Lipinski definition) is 3. The van der Waals surface area contributed by atoms with E-state index in [1.54, 1.807) is 19.0 Å². The molecule has 1 aliphatic heterocycles. The molecule has 6 nitrogen and oxygen atoms in total. The van der Waals surface area contributed by atoms with Crippen LogP contribution in [0.15, 0.2) is 29.3 Å². The Kier molecular flexibility index (Phi) is 11.6. The number of nitrogens with zero attached hydrogens (tertiary/aromatic N) is 3. The van der Waals surface area contributed by atoms with E-state index >= 15 is 0 Å². The molecule has 0 aliphatic carbocycles. The van der Waals surface area contributed by atoms with Crippen LogP contribution in [0.25, 0.3) is 0 Å². The third-order valence-corrected chi connectivity index (χ3v) is 5.20. The zero-order chi connectivity index (χ0) is 20.5. The first-order valence-electron chi connectivity index (χ1n) is 10.5. The van der Waals surface area contributed by atoms with Crippen molar-refractivity contribution in [1.29, 1.82) is 0 Å². The van der Waals surface area contributed by atoms with Crippen LogP contribution in [-0.2, 0) is 6.42 Å². The Hall–Kier alpha value is -1.35. The molecule has 1 aliphatic rings. The first-order chi connectivity index (χ1) is 13.4. The number of amides is 1. The molecule has 29 heavy (non-hydrogen) atoms. The van der Waals surface area contributed by atoms with Crippen LogP contribution in [-0.4, -0.2) is 74.0 Å². The largest absolute Gasteiger partial charge is 0.357 e. The van der Waals surface area contributed by atoms with Gasteiger partial charge < -0.3 is 20.4 Å². The summed E-state index contributed by atoms with van der Waals surface area (Å²) in [5.74, 6) is 0.930. The molecule has 0 atom stereocenters. The van der Waals surface area contributed by atoms with Gasteiger partial charge in [0, 0.05) is 57.9 Å². The van der Waals surface area contributed by atoms with Crippen LogP contribution in [0.5, 0.6) is 0 Å². The molecule has 1 aromatic rings. The number of hydrogen-bond donors (Lipinski definition) is 2. The van der Waals surface area contributed by atoms with E-state index in [9.17, 15) is 4.79 Å². The Morgan fingerprint density at radius 2 is 1.97 bits per heavy atom. The van der Waals surface area contributed by atoms with Crippen molar-refractivity contribution in [3.05, 3.63) is 35.4 Å². The van der Waals surface area contributed by atoms with Gasteiger partial charge in [-0.25, -0.2) is 0 Å². The number of aliphatic imine (C=N–C) groups is 1. The van der Waals surface area contributed by atoms with Gasteiger partial charge in [0.05, 0.1) is 0 Å². The standard InChI is InChI=1S/C22H37N5O.HI/c1-6-23-22(25-20-11-14-27(15-12-20)17(2)3)24-13-10-18-8-7-9-19(16-18)21(28)26(4)5;/h7-9,16-17,20H,6,10-15H2,1-5H3,(H2,23,24,25);1H. The van der Waals surface area contributed by atoms with Gasteiger partial charge >= 0.3 is 0 Å². The van der Waals surface area contributed by atoms with Crippen LogP contribution in [0.4, 0.5) is 0 Å². The topological polar surface area (TPSA) is 60.0 Å². The minimum atomic E-state index is 0. The summed E-state index contributed by atoms with van der Waals surface area (Å²) >= 11 is 0. The number of benzene rings is 1. The van der Waals surface area contributed by atoms with Crippen molar-refractivity contribution in [1.82, 2.24) is 20.4 Å². The molecule has 0 saturated carbocycles. The maximum absolute atomic E-state index is 12.1. The van der Waals surface area contributed by atoms with Crippen LogP contribution in [0.3, 0.4) is 0 Å². The van der Waals surface area contributed by atoms with Gasteiger partial charge in [-0.15, -0.1) is 24.0 Å². The van der Waals surface area contributed by atoms with Crippen LogP contribution in [0.1, 0.15) is 49.5 Å². The summed E-state index contributed by atoms with van der Waals surface area (Å²) in [6.07, 6.45) is 3.12. The van der Waals surface area contributed by atoms with Crippen molar-refractivity contribution in [3.8, 4) is 0 Å². The quantitative estimate of drug-likeness (QED) is 0.333. The van der Waals surface area contributed by atoms with Crippen LogP contribution in [0, 0.1) is 0 Å². The van der Waals surface area contributed by atoms with E-state index in [1.807, 2.05) is 18.2 Å². The molecule has 2 rings (SSSR count). The fourth-order valence-electron chi connectivity index (χ4n) is 3.49. The van der Waals surface area contributed by atoms with Gasteiger partial charge in [0.25, 0.3) is 5.91 Å². The Morgan fingerprint density at radius 1 is 1.28 bits per heavy atom. The van der Waals surface area contributed by atoms with Crippen LogP contribution < -0.4 is 10.6 Å². The van der Waals surface area contributed by atoms with Crippen molar-refractivity contribution in [2.24, 2.45) is 4.99 Å². The molecule has 1 heterocycles. The Morgan fingerprint density at radius 3 is 2.55 bits per heavy atom. The molecule has 1 fully saturated rings. The van der Waals surface area contributed by atoms with Crippen LogP contribution >= 0.6 is 24.0 Å². The molecule has 1 amide bonds. The van der Waals surface area contributed by atoms with E-state index in [-0.39, 0.29) is 29.9 Å². The maximum atomic E-state index is 12.1. The smallest absolute Gasteiger partial charge is 0.253 e. The van der Waals surface area contributed by atoms with E-state index in [1.165, 1.54) is 0 Å². The van der Waals surface area contributed by atoms with E-state index in [4.69, 9.17) is 4.99 Å². The lowest BCUT2D eigenvalue weighted by molar-refractivity contribution is 0.0827. The number of rotatable bonds is 7. The molecule has 0 spiro atoms. The van der Waals surface area contributed by atoms with Crippen molar-refractivity contribution >= 4 is 35.8 Å².